The topological polar surface area (TPSA) is 79.3 Å². The maximum absolute atomic E-state index is 12.0. The molecule has 1 aromatic rings. The maximum atomic E-state index is 12.0. The van der Waals surface area contributed by atoms with Gasteiger partial charge in [0.05, 0.1) is 11.4 Å². The van der Waals surface area contributed by atoms with Crippen LogP contribution in [-0.4, -0.2) is 33.3 Å². The lowest BCUT2D eigenvalue weighted by Crippen LogP contribution is -2.47. The normalized spacial score (nSPS) is 11.0. The molecule has 7 heteroatoms. The summed E-state index contributed by atoms with van der Waals surface area (Å²) in [5.74, 6) is 1.63. The number of carbonyl (C=O) groups is 2. The number of terminal acetylenes is 1. The predicted molar refractivity (Wildman–Crippen MR) is 84.8 cm³/mol. The van der Waals surface area contributed by atoms with Crippen LogP contribution in [0.25, 0.3) is 0 Å². The summed E-state index contributed by atoms with van der Waals surface area (Å²) in [6.45, 7) is 5.50. The lowest BCUT2D eigenvalue weighted by Gasteiger charge is -2.26. The maximum Gasteiger partial charge on any atom is 0.347 e. The summed E-state index contributed by atoms with van der Waals surface area (Å²) in [6, 6.07) is 0. The average Bonchev–Trinajstić information content (AvgIpc) is 2.84. The van der Waals surface area contributed by atoms with Gasteiger partial charge >= 0.3 is 5.97 Å². The van der Waals surface area contributed by atoms with Gasteiger partial charge in [0, 0.05) is 0 Å². The van der Waals surface area contributed by atoms with Crippen LogP contribution < -0.4 is 5.32 Å². The molecule has 5 nitrogen and oxygen atoms in total. The van der Waals surface area contributed by atoms with Gasteiger partial charge in [0.1, 0.15) is 10.4 Å². The number of thioether (sulfide) groups is 1. The second-order valence-corrected chi connectivity index (χ2v) is 6.69. The Morgan fingerprint density at radius 3 is 2.52 bits per heavy atom. The van der Waals surface area contributed by atoms with Crippen molar-refractivity contribution in [2.75, 3.05) is 5.75 Å². The molecule has 0 saturated carbocycles. The number of carbonyl (C=O) groups excluding carboxylic acids is 1. The quantitative estimate of drug-likeness (QED) is 0.594. The Labute approximate surface area is 132 Å². The molecular formula is C14H18N2O3S2. The Hall–Kier alpha value is -1.52. The van der Waals surface area contributed by atoms with Crippen LogP contribution in [0.5, 0.6) is 0 Å². The van der Waals surface area contributed by atoms with E-state index in [-0.39, 0.29) is 16.5 Å². The largest absolute Gasteiger partial charge is 0.477 e. The molecule has 1 heterocycles. The number of hydrogen-bond donors (Lipinski definition) is 2. The summed E-state index contributed by atoms with van der Waals surface area (Å²) >= 11 is 2.29. The first-order chi connectivity index (χ1) is 9.87. The third kappa shape index (κ3) is 4.48. The minimum absolute atomic E-state index is 0.162. The number of hydrogen-bond acceptors (Lipinski definition) is 5. The fraction of sp³-hybridized carbons (Fsp3) is 0.500. The molecule has 0 aliphatic carbocycles. The third-order valence-electron chi connectivity index (χ3n) is 3.16. The van der Waals surface area contributed by atoms with E-state index in [0.717, 1.165) is 11.3 Å². The second-order valence-electron chi connectivity index (χ2n) is 4.47. The summed E-state index contributed by atoms with van der Waals surface area (Å²) in [5.41, 5.74) is -0.140. The minimum atomic E-state index is -0.996. The number of rotatable bonds is 7. The second kappa shape index (κ2) is 7.48. The summed E-state index contributed by atoms with van der Waals surface area (Å²) in [4.78, 5) is 27.3. The van der Waals surface area contributed by atoms with Gasteiger partial charge in [0.15, 0.2) is 4.34 Å². The summed E-state index contributed by atoms with van der Waals surface area (Å²) in [5, 5.41) is 11.8. The van der Waals surface area contributed by atoms with Gasteiger partial charge < -0.3 is 10.4 Å². The number of amides is 1. The van der Waals surface area contributed by atoms with Crippen LogP contribution in [-0.2, 0) is 4.79 Å². The zero-order valence-corrected chi connectivity index (χ0v) is 13.9. The zero-order chi connectivity index (χ0) is 16.0. The molecule has 0 radical (unpaired) electrons. The van der Waals surface area contributed by atoms with Crippen molar-refractivity contribution in [3.63, 3.8) is 0 Å². The number of carboxylic acid groups (broad SMARTS) is 1. The Bertz CT molecular complexity index is 571. The first kappa shape index (κ1) is 17.5. The number of aromatic carboxylic acids is 1. The van der Waals surface area contributed by atoms with Crippen molar-refractivity contribution in [3.8, 4) is 12.3 Å². The molecule has 1 amide bonds. The molecule has 0 fully saturated rings. The highest BCUT2D eigenvalue weighted by molar-refractivity contribution is 8.01. The standard InChI is InChI=1S/C14H18N2O3S2/c1-5-14(6-2,7-3)16-10(17)8-20-13-15-9(4)11(21-13)12(18)19/h1H,6-8H2,2-4H3,(H,16,17)(H,18,19). The summed E-state index contributed by atoms with van der Waals surface area (Å²) < 4.78 is 0.569. The molecule has 0 atom stereocenters. The van der Waals surface area contributed by atoms with Crippen molar-refractivity contribution in [2.24, 2.45) is 0 Å². The van der Waals surface area contributed by atoms with E-state index in [1.54, 1.807) is 6.92 Å². The predicted octanol–water partition coefficient (Wildman–Crippen LogP) is 2.55. The van der Waals surface area contributed by atoms with Crippen molar-refractivity contribution < 1.29 is 14.7 Å². The van der Waals surface area contributed by atoms with Crippen molar-refractivity contribution >= 4 is 35.0 Å². The van der Waals surface area contributed by atoms with Crippen LogP contribution in [0.3, 0.4) is 0 Å². The van der Waals surface area contributed by atoms with Crippen molar-refractivity contribution in [3.05, 3.63) is 10.6 Å². The van der Waals surface area contributed by atoms with E-state index in [0.29, 0.717) is 22.9 Å². The summed E-state index contributed by atoms with van der Waals surface area (Å²) in [6.07, 6.45) is 6.82. The molecule has 2 N–H and O–H groups in total. The zero-order valence-electron chi connectivity index (χ0n) is 12.2. The van der Waals surface area contributed by atoms with Gasteiger partial charge in [-0.1, -0.05) is 31.5 Å². The highest BCUT2D eigenvalue weighted by atomic mass is 32.2. The SMILES string of the molecule is C#CC(CC)(CC)NC(=O)CSc1nc(C)c(C(=O)O)s1. The van der Waals surface area contributed by atoms with Crippen LogP contribution in [0.4, 0.5) is 0 Å². The average molecular weight is 326 g/mol. The fourth-order valence-electron chi connectivity index (χ4n) is 1.73. The van der Waals surface area contributed by atoms with Gasteiger partial charge in [0.2, 0.25) is 5.91 Å². The van der Waals surface area contributed by atoms with Crippen LogP contribution in [0, 0.1) is 19.3 Å². The number of nitrogens with one attached hydrogen (secondary N) is 1. The van der Waals surface area contributed by atoms with Crippen molar-refractivity contribution in [1.82, 2.24) is 10.3 Å². The number of thiazole rings is 1. The van der Waals surface area contributed by atoms with Crippen LogP contribution >= 0.6 is 23.1 Å². The Balaban J connectivity index is 2.64. The molecule has 0 saturated heterocycles. The molecule has 0 aromatic carbocycles. The molecule has 114 valence electrons. The highest BCUT2D eigenvalue weighted by Crippen LogP contribution is 2.27. The Morgan fingerprint density at radius 2 is 2.10 bits per heavy atom. The third-order valence-corrected chi connectivity index (χ3v) is 5.45. The van der Waals surface area contributed by atoms with E-state index in [4.69, 9.17) is 11.5 Å². The van der Waals surface area contributed by atoms with Crippen molar-refractivity contribution in [1.29, 1.82) is 0 Å². The van der Waals surface area contributed by atoms with Crippen molar-refractivity contribution in [2.45, 2.75) is 43.5 Å². The molecule has 0 unspecified atom stereocenters. The van der Waals surface area contributed by atoms with E-state index in [9.17, 15) is 9.59 Å². The molecular weight excluding hydrogens is 308 g/mol. The van der Waals surface area contributed by atoms with E-state index in [1.165, 1.54) is 11.8 Å². The molecule has 21 heavy (non-hydrogen) atoms. The van der Waals surface area contributed by atoms with E-state index in [1.807, 2.05) is 13.8 Å². The molecule has 0 spiro atoms. The van der Waals surface area contributed by atoms with Crippen LogP contribution in [0.1, 0.15) is 42.1 Å². The van der Waals surface area contributed by atoms with Gasteiger partial charge in [-0.3, -0.25) is 4.79 Å². The molecule has 1 rings (SSSR count). The number of aryl methyl sites for hydroxylation is 1. The van der Waals surface area contributed by atoms with Crippen LogP contribution in [0.15, 0.2) is 4.34 Å². The smallest absolute Gasteiger partial charge is 0.347 e. The molecule has 1 aromatic heterocycles. The van der Waals surface area contributed by atoms with Crippen LogP contribution in [0.2, 0.25) is 0 Å². The number of aromatic nitrogens is 1. The van der Waals surface area contributed by atoms with E-state index in [2.05, 4.69) is 16.2 Å². The Kier molecular flexibility index (Phi) is 6.24. The van der Waals surface area contributed by atoms with Gasteiger partial charge in [-0.05, 0) is 19.8 Å². The van der Waals surface area contributed by atoms with Gasteiger partial charge in [-0.2, -0.15) is 0 Å². The Morgan fingerprint density at radius 1 is 1.48 bits per heavy atom. The first-order valence-electron chi connectivity index (χ1n) is 6.49. The van der Waals surface area contributed by atoms with Gasteiger partial charge in [-0.15, -0.1) is 17.8 Å². The van der Waals surface area contributed by atoms with Gasteiger partial charge in [0.25, 0.3) is 0 Å². The first-order valence-corrected chi connectivity index (χ1v) is 8.30. The molecule has 0 aliphatic heterocycles. The molecule has 0 bridgehead atoms. The minimum Gasteiger partial charge on any atom is -0.477 e. The fourth-order valence-corrected chi connectivity index (χ4v) is 3.56. The lowest BCUT2D eigenvalue weighted by atomic mass is 9.94. The number of nitrogens with zero attached hydrogens (tertiary/aromatic N) is 1. The summed E-state index contributed by atoms with van der Waals surface area (Å²) in [7, 11) is 0. The van der Waals surface area contributed by atoms with Gasteiger partial charge in [-0.25, -0.2) is 9.78 Å². The number of carboxylic acids is 1. The molecule has 0 aliphatic rings. The monoisotopic (exact) mass is 326 g/mol. The lowest BCUT2D eigenvalue weighted by molar-refractivity contribution is -0.119. The van der Waals surface area contributed by atoms with E-state index < -0.39 is 11.5 Å². The highest BCUT2D eigenvalue weighted by Gasteiger charge is 2.25. The van der Waals surface area contributed by atoms with E-state index >= 15 is 0 Å².